The summed E-state index contributed by atoms with van der Waals surface area (Å²) >= 11 is 0. The van der Waals surface area contributed by atoms with Crippen LogP contribution in [0.2, 0.25) is 0 Å². The molecule has 5 nitrogen and oxygen atoms in total. The minimum absolute atomic E-state index is 0.000958. The number of carbonyl (C=O) groups excluding carboxylic acids is 2. The second-order valence-electron chi connectivity index (χ2n) is 7.97. The van der Waals surface area contributed by atoms with Crippen molar-refractivity contribution in [3.8, 4) is 0 Å². The highest BCUT2D eigenvalue weighted by molar-refractivity contribution is 6.05. The van der Waals surface area contributed by atoms with Gasteiger partial charge in [0, 0.05) is 0 Å². The van der Waals surface area contributed by atoms with E-state index in [0.29, 0.717) is 0 Å². The molecule has 0 aromatic heterocycles. The van der Waals surface area contributed by atoms with Crippen LogP contribution in [-0.4, -0.2) is 41.1 Å². The summed E-state index contributed by atoms with van der Waals surface area (Å²) in [6, 6.07) is 19.7. The summed E-state index contributed by atoms with van der Waals surface area (Å²) < 4.78 is 6.08. The number of hydrogen-bond donors (Lipinski definition) is 1. The third-order valence-electron chi connectivity index (χ3n) is 5.99. The molecule has 5 heteroatoms. The molecule has 2 amide bonds. The summed E-state index contributed by atoms with van der Waals surface area (Å²) in [6.45, 7) is 0.0435. The van der Waals surface area contributed by atoms with Crippen LogP contribution in [0.15, 0.2) is 60.7 Å². The van der Waals surface area contributed by atoms with E-state index in [4.69, 9.17) is 4.74 Å². The van der Waals surface area contributed by atoms with Crippen molar-refractivity contribution in [3.63, 3.8) is 0 Å². The van der Waals surface area contributed by atoms with Gasteiger partial charge in [0.05, 0.1) is 31.1 Å². The topological polar surface area (TPSA) is 66.8 Å². The van der Waals surface area contributed by atoms with Crippen LogP contribution >= 0.6 is 0 Å². The van der Waals surface area contributed by atoms with Crippen LogP contribution in [0.25, 0.3) is 0 Å². The van der Waals surface area contributed by atoms with E-state index in [9.17, 15) is 14.7 Å². The highest BCUT2D eigenvalue weighted by Crippen LogP contribution is 2.38. The molecule has 3 atom stereocenters. The average Bonchev–Trinajstić information content (AvgIpc) is 3.00. The maximum Gasteiger partial charge on any atom is 0.233 e. The van der Waals surface area contributed by atoms with Crippen molar-refractivity contribution in [1.29, 1.82) is 0 Å². The molecule has 1 aliphatic carbocycles. The summed E-state index contributed by atoms with van der Waals surface area (Å²) in [7, 11) is 0. The van der Waals surface area contributed by atoms with Gasteiger partial charge in [-0.2, -0.15) is 0 Å². The van der Waals surface area contributed by atoms with Gasteiger partial charge < -0.3 is 9.84 Å². The minimum atomic E-state index is -0.919. The van der Waals surface area contributed by atoms with Crippen molar-refractivity contribution in [2.45, 2.75) is 37.9 Å². The van der Waals surface area contributed by atoms with Crippen LogP contribution in [0.1, 0.15) is 42.9 Å². The standard InChI is InChI=1S/C24H27NO4/c26-19(15-25-23(27)20-13-7-8-14-21(20)24(25)28)16-29-22(17-9-3-1-4-10-17)18-11-5-2-6-12-18/h1-6,9-12,19-22,26H,7-8,13-16H2/t19-,20-,21+/m0/s1. The van der Waals surface area contributed by atoms with E-state index < -0.39 is 6.10 Å². The average molecular weight is 393 g/mol. The van der Waals surface area contributed by atoms with Crippen molar-refractivity contribution in [3.05, 3.63) is 71.8 Å². The van der Waals surface area contributed by atoms with E-state index >= 15 is 0 Å². The number of carbonyl (C=O) groups is 2. The van der Waals surface area contributed by atoms with Crippen molar-refractivity contribution in [2.24, 2.45) is 11.8 Å². The first-order valence-electron chi connectivity index (χ1n) is 10.4. The fraction of sp³-hybridized carbons (Fsp3) is 0.417. The van der Waals surface area contributed by atoms with Gasteiger partial charge in [0.25, 0.3) is 0 Å². The van der Waals surface area contributed by atoms with Crippen LogP contribution in [0.5, 0.6) is 0 Å². The quantitative estimate of drug-likeness (QED) is 0.733. The zero-order valence-electron chi connectivity index (χ0n) is 16.4. The second kappa shape index (κ2) is 8.89. The van der Waals surface area contributed by atoms with E-state index in [2.05, 4.69) is 0 Å². The van der Waals surface area contributed by atoms with Crippen LogP contribution in [-0.2, 0) is 14.3 Å². The third-order valence-corrected chi connectivity index (χ3v) is 5.99. The Morgan fingerprint density at radius 2 is 1.34 bits per heavy atom. The number of fused-ring (bicyclic) bond motifs is 1. The molecule has 4 rings (SSSR count). The number of β-amino-alcohol motifs (C(OH)–C–C–N with tert-alkyl or cyclic N) is 1. The molecule has 2 aromatic carbocycles. The highest BCUT2D eigenvalue weighted by atomic mass is 16.5. The van der Waals surface area contributed by atoms with E-state index in [1.165, 1.54) is 4.90 Å². The highest BCUT2D eigenvalue weighted by Gasteiger charge is 2.48. The number of benzene rings is 2. The van der Waals surface area contributed by atoms with Gasteiger partial charge in [0.15, 0.2) is 0 Å². The smallest absolute Gasteiger partial charge is 0.233 e. The predicted molar refractivity (Wildman–Crippen MR) is 109 cm³/mol. The van der Waals surface area contributed by atoms with Gasteiger partial charge in [-0.1, -0.05) is 73.5 Å². The van der Waals surface area contributed by atoms with Crippen LogP contribution in [0.4, 0.5) is 0 Å². The summed E-state index contributed by atoms with van der Waals surface area (Å²) in [5, 5.41) is 10.6. The Morgan fingerprint density at radius 1 is 0.862 bits per heavy atom. The van der Waals surface area contributed by atoms with E-state index in [1.807, 2.05) is 60.7 Å². The molecule has 0 radical (unpaired) electrons. The van der Waals surface area contributed by atoms with Crippen LogP contribution < -0.4 is 0 Å². The first-order chi connectivity index (χ1) is 14.1. The Labute approximate surface area is 171 Å². The van der Waals surface area contributed by atoms with Crippen molar-refractivity contribution in [2.75, 3.05) is 13.2 Å². The van der Waals surface area contributed by atoms with Crippen LogP contribution in [0, 0.1) is 11.8 Å². The number of rotatable bonds is 7. The Morgan fingerprint density at radius 3 is 1.83 bits per heavy atom. The van der Waals surface area contributed by atoms with Gasteiger partial charge >= 0.3 is 0 Å². The van der Waals surface area contributed by atoms with Gasteiger partial charge in [-0.15, -0.1) is 0 Å². The fourth-order valence-electron chi connectivity index (χ4n) is 4.52. The predicted octanol–water partition coefficient (Wildman–Crippen LogP) is 3.33. The first-order valence-corrected chi connectivity index (χ1v) is 10.4. The van der Waals surface area contributed by atoms with Crippen molar-refractivity contribution < 1.29 is 19.4 Å². The third kappa shape index (κ3) is 4.26. The van der Waals surface area contributed by atoms with Crippen LogP contribution in [0.3, 0.4) is 0 Å². The van der Waals surface area contributed by atoms with Gasteiger partial charge in [-0.3, -0.25) is 14.5 Å². The SMILES string of the molecule is O=C1[C@H]2CCCC[C@H]2C(=O)N1C[C@H](O)COC(c1ccccc1)c1ccccc1. The molecule has 0 spiro atoms. The zero-order chi connectivity index (χ0) is 20.2. The first kappa shape index (κ1) is 19.8. The number of hydrogen-bond acceptors (Lipinski definition) is 4. The molecule has 2 fully saturated rings. The molecule has 0 unspecified atom stereocenters. The monoisotopic (exact) mass is 393 g/mol. The normalized spacial score (nSPS) is 22.8. The molecule has 152 valence electrons. The molecule has 1 saturated carbocycles. The Kier molecular flexibility index (Phi) is 6.07. The Balaban J connectivity index is 1.41. The molecule has 29 heavy (non-hydrogen) atoms. The summed E-state index contributed by atoms with van der Waals surface area (Å²) in [6.07, 6.45) is 2.31. The molecule has 2 aromatic rings. The van der Waals surface area contributed by atoms with Crippen molar-refractivity contribution >= 4 is 11.8 Å². The second-order valence-corrected chi connectivity index (χ2v) is 7.97. The lowest BCUT2D eigenvalue weighted by atomic mass is 9.81. The van der Waals surface area contributed by atoms with E-state index in [1.54, 1.807) is 0 Å². The van der Waals surface area contributed by atoms with E-state index in [-0.39, 0.29) is 42.9 Å². The minimum Gasteiger partial charge on any atom is -0.389 e. The molecule has 1 N–H and O–H groups in total. The number of nitrogens with zero attached hydrogens (tertiary/aromatic N) is 1. The fourth-order valence-corrected chi connectivity index (χ4v) is 4.52. The number of imide groups is 1. The summed E-state index contributed by atoms with van der Waals surface area (Å²) in [5.41, 5.74) is 1.98. The van der Waals surface area contributed by atoms with Crippen molar-refractivity contribution in [1.82, 2.24) is 4.90 Å². The number of amides is 2. The number of ether oxygens (including phenoxy) is 1. The summed E-state index contributed by atoms with van der Waals surface area (Å²) in [4.78, 5) is 26.5. The number of aliphatic hydroxyl groups excluding tert-OH is 1. The Bertz CT molecular complexity index is 775. The van der Waals surface area contributed by atoms with E-state index in [0.717, 1.165) is 36.8 Å². The summed E-state index contributed by atoms with van der Waals surface area (Å²) in [5.74, 6) is -0.626. The molecule has 1 heterocycles. The molecule has 1 aliphatic heterocycles. The molecule has 2 aliphatic rings. The lowest BCUT2D eigenvalue weighted by Gasteiger charge is -2.23. The zero-order valence-corrected chi connectivity index (χ0v) is 16.4. The maximum absolute atomic E-state index is 12.6. The largest absolute Gasteiger partial charge is 0.389 e. The molecular weight excluding hydrogens is 366 g/mol. The molecule has 1 saturated heterocycles. The molecule has 0 bridgehead atoms. The lowest BCUT2D eigenvalue weighted by Crippen LogP contribution is -2.39. The van der Waals surface area contributed by atoms with Gasteiger partial charge in [0.2, 0.25) is 11.8 Å². The maximum atomic E-state index is 12.6. The number of aliphatic hydroxyl groups is 1. The lowest BCUT2D eigenvalue weighted by molar-refractivity contribution is -0.142. The van der Waals surface area contributed by atoms with Gasteiger partial charge in [0.1, 0.15) is 6.10 Å². The number of likely N-dealkylation sites (tertiary alicyclic amines) is 1. The van der Waals surface area contributed by atoms with Gasteiger partial charge in [-0.25, -0.2) is 0 Å². The van der Waals surface area contributed by atoms with Gasteiger partial charge in [-0.05, 0) is 24.0 Å². The molecular formula is C24H27NO4. The Hall–Kier alpha value is -2.50.